The van der Waals surface area contributed by atoms with Crippen LogP contribution < -0.4 is 5.32 Å². The van der Waals surface area contributed by atoms with Crippen LogP contribution in [0.5, 0.6) is 0 Å². The van der Waals surface area contributed by atoms with E-state index < -0.39 is 0 Å². The van der Waals surface area contributed by atoms with Gasteiger partial charge in [0.05, 0.1) is 17.4 Å². The van der Waals surface area contributed by atoms with Gasteiger partial charge in [-0.2, -0.15) is 0 Å². The van der Waals surface area contributed by atoms with Crippen molar-refractivity contribution in [2.45, 2.75) is 25.3 Å². The van der Waals surface area contributed by atoms with E-state index in [4.69, 9.17) is 0 Å². The number of hydrogen-bond donors (Lipinski definition) is 2. The van der Waals surface area contributed by atoms with Crippen LogP contribution in [-0.4, -0.2) is 15.5 Å². The van der Waals surface area contributed by atoms with E-state index in [1.54, 1.807) is 0 Å². The van der Waals surface area contributed by atoms with Gasteiger partial charge in [0.25, 0.3) is 0 Å². The van der Waals surface area contributed by atoms with Crippen molar-refractivity contribution < 1.29 is 0 Å². The predicted molar refractivity (Wildman–Crippen MR) is 75.6 cm³/mol. The average Bonchev–Trinajstić information content (AvgIpc) is 2.87. The van der Waals surface area contributed by atoms with Gasteiger partial charge in [-0.15, -0.1) is 0 Å². The molecular weight excluding hydrogens is 222 g/mol. The fraction of sp³-hybridized carbons (Fsp3) is 0.267. The van der Waals surface area contributed by atoms with E-state index in [2.05, 4.69) is 52.6 Å². The molecule has 2 heterocycles. The summed E-state index contributed by atoms with van der Waals surface area (Å²) < 4.78 is 0. The van der Waals surface area contributed by atoms with Crippen LogP contribution in [0.3, 0.4) is 0 Å². The Morgan fingerprint density at radius 3 is 3.17 bits per heavy atom. The molecule has 1 aliphatic rings. The normalized spacial score (nSPS) is 22.5. The van der Waals surface area contributed by atoms with Crippen molar-refractivity contribution in [1.29, 1.82) is 0 Å². The fourth-order valence-corrected chi connectivity index (χ4v) is 2.40. The van der Waals surface area contributed by atoms with E-state index in [1.807, 2.05) is 18.5 Å². The summed E-state index contributed by atoms with van der Waals surface area (Å²) in [5, 5.41) is 4.75. The van der Waals surface area contributed by atoms with Gasteiger partial charge in [-0.3, -0.25) is 0 Å². The molecular formula is C15H17N3. The molecule has 0 aromatic carbocycles. The monoisotopic (exact) mass is 239 g/mol. The van der Waals surface area contributed by atoms with Crippen molar-refractivity contribution in [3.05, 3.63) is 48.8 Å². The van der Waals surface area contributed by atoms with Crippen molar-refractivity contribution in [1.82, 2.24) is 9.97 Å². The third-order valence-corrected chi connectivity index (χ3v) is 3.57. The molecule has 0 bridgehead atoms. The quantitative estimate of drug-likeness (QED) is 0.858. The first-order valence-electron chi connectivity index (χ1n) is 6.37. The maximum absolute atomic E-state index is 4.41. The second kappa shape index (κ2) is 4.33. The van der Waals surface area contributed by atoms with Gasteiger partial charge in [0.1, 0.15) is 5.65 Å². The van der Waals surface area contributed by atoms with Crippen molar-refractivity contribution in [3.8, 4) is 0 Å². The summed E-state index contributed by atoms with van der Waals surface area (Å²) in [5.41, 5.74) is 2.04. The lowest BCUT2D eigenvalue weighted by atomic mass is 9.88. The minimum Gasteiger partial charge on any atom is -0.375 e. The lowest BCUT2D eigenvalue weighted by Crippen LogP contribution is -2.35. The van der Waals surface area contributed by atoms with Gasteiger partial charge >= 0.3 is 0 Å². The number of pyridine rings is 1. The molecule has 0 radical (unpaired) electrons. The van der Waals surface area contributed by atoms with Crippen LogP contribution in [-0.2, 0) is 0 Å². The summed E-state index contributed by atoms with van der Waals surface area (Å²) in [5.74, 6) is 0. The Bertz CT molecular complexity index is 609. The van der Waals surface area contributed by atoms with Crippen LogP contribution in [0.1, 0.15) is 19.8 Å². The minimum absolute atomic E-state index is 0.0282. The molecule has 0 aliphatic heterocycles. The maximum atomic E-state index is 4.41. The molecule has 3 heteroatoms. The average molecular weight is 239 g/mol. The van der Waals surface area contributed by atoms with E-state index in [0.29, 0.717) is 0 Å². The van der Waals surface area contributed by atoms with Gasteiger partial charge in [0, 0.05) is 11.6 Å². The molecule has 2 aromatic heterocycles. The highest BCUT2D eigenvalue weighted by atomic mass is 15.0. The number of H-pyrrole nitrogens is 1. The molecule has 0 saturated heterocycles. The predicted octanol–water partition coefficient (Wildman–Crippen LogP) is 3.64. The molecule has 0 amide bonds. The highest BCUT2D eigenvalue weighted by Gasteiger charge is 2.24. The number of hydrogen-bond acceptors (Lipinski definition) is 2. The van der Waals surface area contributed by atoms with Crippen LogP contribution >= 0.6 is 0 Å². The Kier molecular flexibility index (Phi) is 2.67. The van der Waals surface area contributed by atoms with Crippen molar-refractivity contribution in [3.63, 3.8) is 0 Å². The molecule has 0 spiro atoms. The van der Waals surface area contributed by atoms with Gasteiger partial charge in [-0.1, -0.05) is 31.2 Å². The topological polar surface area (TPSA) is 40.7 Å². The number of anilines is 1. The van der Waals surface area contributed by atoms with Crippen molar-refractivity contribution in [2.24, 2.45) is 0 Å². The van der Waals surface area contributed by atoms with E-state index >= 15 is 0 Å². The molecule has 3 nitrogen and oxygen atoms in total. The summed E-state index contributed by atoms with van der Waals surface area (Å²) in [6.07, 6.45) is 14.5. The first-order valence-corrected chi connectivity index (χ1v) is 6.37. The smallest absolute Gasteiger partial charge is 0.137 e. The molecule has 2 N–H and O–H groups in total. The Morgan fingerprint density at radius 1 is 1.44 bits per heavy atom. The lowest BCUT2D eigenvalue weighted by molar-refractivity contribution is 0.557. The van der Waals surface area contributed by atoms with Crippen molar-refractivity contribution in [2.75, 3.05) is 5.32 Å². The largest absolute Gasteiger partial charge is 0.375 e. The molecule has 0 fully saturated rings. The fourth-order valence-electron chi connectivity index (χ4n) is 2.40. The standard InChI is InChI=1S/C15H17N3/c1-2-15(7-4-3-5-8-15)18-13-10-12-6-9-16-14(12)17-11-13/h3-7,9-11,18H,2,8H2,1H3,(H,16,17). The zero-order valence-electron chi connectivity index (χ0n) is 10.5. The molecule has 18 heavy (non-hydrogen) atoms. The number of aromatic nitrogens is 2. The number of fused-ring (bicyclic) bond motifs is 1. The Balaban J connectivity index is 1.90. The first kappa shape index (κ1) is 11.1. The maximum Gasteiger partial charge on any atom is 0.137 e. The number of aromatic amines is 1. The first-order chi connectivity index (χ1) is 8.81. The third kappa shape index (κ3) is 1.92. The third-order valence-electron chi connectivity index (χ3n) is 3.57. The van der Waals surface area contributed by atoms with Gasteiger partial charge in [0.2, 0.25) is 0 Å². The second-order valence-electron chi connectivity index (χ2n) is 4.77. The van der Waals surface area contributed by atoms with Crippen LogP contribution in [0.4, 0.5) is 5.69 Å². The summed E-state index contributed by atoms with van der Waals surface area (Å²) >= 11 is 0. The zero-order chi connectivity index (χ0) is 12.4. The highest BCUT2D eigenvalue weighted by molar-refractivity contribution is 5.79. The van der Waals surface area contributed by atoms with E-state index in [0.717, 1.165) is 29.6 Å². The summed E-state index contributed by atoms with van der Waals surface area (Å²) in [4.78, 5) is 7.52. The van der Waals surface area contributed by atoms with Crippen molar-refractivity contribution >= 4 is 16.7 Å². The Labute approximate surface area is 107 Å². The minimum atomic E-state index is 0.0282. The van der Waals surface area contributed by atoms with Crippen LogP contribution in [0, 0.1) is 0 Å². The molecule has 2 aromatic rings. The Hall–Kier alpha value is -2.03. The van der Waals surface area contributed by atoms with E-state index in [-0.39, 0.29) is 5.54 Å². The van der Waals surface area contributed by atoms with Gasteiger partial charge in [-0.25, -0.2) is 4.98 Å². The molecule has 1 aliphatic carbocycles. The molecule has 1 atom stereocenters. The van der Waals surface area contributed by atoms with Crippen LogP contribution in [0.15, 0.2) is 48.8 Å². The SMILES string of the molecule is CCC1(Nc2cnc3[nH]ccc3c2)C=CC=CC1. The number of nitrogens with zero attached hydrogens (tertiary/aromatic N) is 1. The second-order valence-corrected chi connectivity index (χ2v) is 4.77. The van der Waals surface area contributed by atoms with E-state index in [1.165, 1.54) is 0 Å². The van der Waals surface area contributed by atoms with Crippen LogP contribution in [0.25, 0.3) is 11.0 Å². The molecule has 3 rings (SSSR count). The number of nitrogens with one attached hydrogen (secondary N) is 2. The molecule has 92 valence electrons. The summed E-state index contributed by atoms with van der Waals surface area (Å²) in [6.45, 7) is 2.21. The summed E-state index contributed by atoms with van der Waals surface area (Å²) in [6, 6.07) is 4.19. The molecule has 0 saturated carbocycles. The van der Waals surface area contributed by atoms with Gasteiger partial charge in [0.15, 0.2) is 0 Å². The summed E-state index contributed by atoms with van der Waals surface area (Å²) in [7, 11) is 0. The highest BCUT2D eigenvalue weighted by Crippen LogP contribution is 2.27. The van der Waals surface area contributed by atoms with Gasteiger partial charge < -0.3 is 10.3 Å². The van der Waals surface area contributed by atoms with E-state index in [9.17, 15) is 0 Å². The number of allylic oxidation sites excluding steroid dienone is 2. The Morgan fingerprint density at radius 2 is 2.39 bits per heavy atom. The zero-order valence-corrected chi connectivity index (χ0v) is 10.5. The lowest BCUT2D eigenvalue weighted by Gasteiger charge is -2.32. The molecule has 1 unspecified atom stereocenters. The van der Waals surface area contributed by atoms with Gasteiger partial charge in [-0.05, 0) is 25.0 Å². The number of rotatable bonds is 3. The van der Waals surface area contributed by atoms with Crippen LogP contribution in [0.2, 0.25) is 0 Å².